The van der Waals surface area contributed by atoms with Crippen molar-refractivity contribution in [1.29, 1.82) is 0 Å². The molecule has 0 saturated heterocycles. The summed E-state index contributed by atoms with van der Waals surface area (Å²) in [6, 6.07) is 3.91. The van der Waals surface area contributed by atoms with Gasteiger partial charge in [0.1, 0.15) is 0 Å². The van der Waals surface area contributed by atoms with Gasteiger partial charge in [-0.2, -0.15) is 0 Å². The largest absolute Gasteiger partial charge is 0.337 e. The lowest BCUT2D eigenvalue weighted by atomic mass is 10.3. The highest BCUT2D eigenvalue weighted by atomic mass is 32.1. The van der Waals surface area contributed by atoms with Crippen LogP contribution in [-0.2, 0) is 13.1 Å². The van der Waals surface area contributed by atoms with E-state index in [2.05, 4.69) is 24.1 Å². The van der Waals surface area contributed by atoms with Gasteiger partial charge in [0.15, 0.2) is 10.4 Å². The number of aryl methyl sites for hydroxylation is 2. The van der Waals surface area contributed by atoms with Gasteiger partial charge in [-0.3, -0.25) is 0 Å². The van der Waals surface area contributed by atoms with E-state index in [1.165, 1.54) is 0 Å². The minimum atomic E-state index is 0.747. The summed E-state index contributed by atoms with van der Waals surface area (Å²) in [6.07, 6.45) is 9.60. The number of nitrogens with zero attached hydrogens (tertiary/aromatic N) is 4. The Kier molecular flexibility index (Phi) is 3.41. The Balaban J connectivity index is 1.65. The number of aromatic nitrogens is 5. The maximum atomic E-state index is 5.33. The number of hydrogen-bond donors (Lipinski definition) is 1. The van der Waals surface area contributed by atoms with E-state index in [-0.39, 0.29) is 0 Å². The molecule has 98 valence electrons. The Labute approximate surface area is 115 Å². The van der Waals surface area contributed by atoms with Crippen molar-refractivity contribution in [3.8, 4) is 0 Å². The molecule has 0 aliphatic carbocycles. The fourth-order valence-corrected chi connectivity index (χ4v) is 2.47. The molecule has 3 rings (SSSR count). The zero-order valence-electron chi connectivity index (χ0n) is 10.5. The topological polar surface area (TPSA) is 51.4 Å². The van der Waals surface area contributed by atoms with Gasteiger partial charge >= 0.3 is 0 Å². The van der Waals surface area contributed by atoms with Crippen LogP contribution in [0.3, 0.4) is 0 Å². The van der Waals surface area contributed by atoms with Crippen molar-refractivity contribution in [2.24, 2.45) is 0 Å². The second-order valence-electron chi connectivity index (χ2n) is 4.46. The summed E-state index contributed by atoms with van der Waals surface area (Å²) < 4.78 is 4.90. The lowest BCUT2D eigenvalue weighted by Crippen LogP contribution is -2.01. The Bertz CT molecular complexity index is 710. The van der Waals surface area contributed by atoms with Crippen LogP contribution in [0.4, 0.5) is 0 Å². The first-order chi connectivity index (χ1) is 9.34. The van der Waals surface area contributed by atoms with E-state index in [4.69, 9.17) is 12.2 Å². The van der Waals surface area contributed by atoms with Crippen LogP contribution in [-0.4, -0.2) is 24.1 Å². The number of fused-ring (bicyclic) bond motifs is 1. The van der Waals surface area contributed by atoms with Gasteiger partial charge in [0.25, 0.3) is 0 Å². The fourth-order valence-electron chi connectivity index (χ4n) is 2.18. The van der Waals surface area contributed by atoms with Gasteiger partial charge in [0, 0.05) is 31.7 Å². The van der Waals surface area contributed by atoms with Gasteiger partial charge in [-0.1, -0.05) is 0 Å². The molecular weight excluding hydrogens is 258 g/mol. The molecule has 0 aliphatic heterocycles. The third kappa shape index (κ3) is 2.58. The first-order valence-electron chi connectivity index (χ1n) is 6.34. The monoisotopic (exact) mass is 273 g/mol. The van der Waals surface area contributed by atoms with Crippen molar-refractivity contribution < 1.29 is 0 Å². The molecule has 1 N–H and O–H groups in total. The van der Waals surface area contributed by atoms with Crippen LogP contribution in [0.2, 0.25) is 0 Å². The molecule has 3 heterocycles. The normalized spacial score (nSPS) is 11.2. The predicted molar refractivity (Wildman–Crippen MR) is 76.4 cm³/mol. The molecule has 0 bridgehead atoms. The second-order valence-corrected chi connectivity index (χ2v) is 4.85. The summed E-state index contributed by atoms with van der Waals surface area (Å²) in [4.78, 5) is 11.6. The minimum Gasteiger partial charge on any atom is -0.337 e. The van der Waals surface area contributed by atoms with Crippen molar-refractivity contribution in [2.75, 3.05) is 0 Å². The minimum absolute atomic E-state index is 0.747. The van der Waals surface area contributed by atoms with E-state index < -0.39 is 0 Å². The standard InChI is InChI=1S/C13H15N5S/c19-13-16-11-4-3-5-15-12(11)18(13)8-2-1-7-17-9-6-14-10-17/h3-6,9-10H,1-2,7-8H2,(H,16,19). The van der Waals surface area contributed by atoms with Gasteiger partial charge in [-0.05, 0) is 37.2 Å². The van der Waals surface area contributed by atoms with E-state index in [0.29, 0.717) is 0 Å². The third-order valence-electron chi connectivity index (χ3n) is 3.14. The zero-order chi connectivity index (χ0) is 13.1. The lowest BCUT2D eigenvalue weighted by Gasteiger charge is -2.04. The Morgan fingerprint density at radius 1 is 1.21 bits per heavy atom. The molecule has 3 aromatic heterocycles. The Hall–Kier alpha value is -1.95. The zero-order valence-corrected chi connectivity index (χ0v) is 11.3. The highest BCUT2D eigenvalue weighted by Crippen LogP contribution is 2.11. The molecule has 0 aromatic carbocycles. The molecule has 5 nitrogen and oxygen atoms in total. The molecule has 0 radical (unpaired) electrons. The molecule has 0 saturated carbocycles. The molecule has 3 aromatic rings. The lowest BCUT2D eigenvalue weighted by molar-refractivity contribution is 0.555. The van der Waals surface area contributed by atoms with E-state index in [1.807, 2.05) is 24.7 Å². The highest BCUT2D eigenvalue weighted by Gasteiger charge is 2.04. The summed E-state index contributed by atoms with van der Waals surface area (Å²) in [7, 11) is 0. The quantitative estimate of drug-likeness (QED) is 0.574. The number of nitrogens with one attached hydrogen (secondary N) is 1. The molecule has 6 heteroatoms. The van der Waals surface area contributed by atoms with Gasteiger partial charge in [0.2, 0.25) is 0 Å². The van der Waals surface area contributed by atoms with E-state index in [1.54, 1.807) is 12.4 Å². The molecule has 19 heavy (non-hydrogen) atoms. The fraction of sp³-hybridized carbons (Fsp3) is 0.308. The summed E-state index contributed by atoms with van der Waals surface area (Å²) >= 11 is 5.33. The maximum absolute atomic E-state index is 5.33. The number of hydrogen-bond acceptors (Lipinski definition) is 3. The molecule has 0 aliphatic rings. The van der Waals surface area contributed by atoms with E-state index in [0.717, 1.165) is 41.9 Å². The summed E-state index contributed by atoms with van der Waals surface area (Å²) in [5, 5.41) is 0. The molecule has 0 fully saturated rings. The van der Waals surface area contributed by atoms with Crippen LogP contribution < -0.4 is 0 Å². The summed E-state index contributed by atoms with van der Waals surface area (Å²) in [5.41, 5.74) is 1.94. The first kappa shape index (κ1) is 12.1. The Morgan fingerprint density at radius 3 is 2.95 bits per heavy atom. The van der Waals surface area contributed by atoms with Crippen molar-refractivity contribution >= 4 is 23.4 Å². The average molecular weight is 273 g/mol. The van der Waals surface area contributed by atoms with Crippen molar-refractivity contribution in [2.45, 2.75) is 25.9 Å². The molecule has 0 spiro atoms. The number of unbranched alkanes of at least 4 members (excludes halogenated alkanes) is 1. The first-order valence-corrected chi connectivity index (χ1v) is 6.75. The second kappa shape index (κ2) is 5.36. The molecule has 0 amide bonds. The average Bonchev–Trinajstić information content (AvgIpc) is 3.02. The Morgan fingerprint density at radius 2 is 2.11 bits per heavy atom. The van der Waals surface area contributed by atoms with Crippen LogP contribution in [0.15, 0.2) is 37.1 Å². The summed E-state index contributed by atoms with van der Waals surface area (Å²) in [6.45, 7) is 1.88. The van der Waals surface area contributed by atoms with E-state index in [9.17, 15) is 0 Å². The molecule has 0 atom stereocenters. The number of aromatic amines is 1. The van der Waals surface area contributed by atoms with E-state index >= 15 is 0 Å². The number of H-pyrrole nitrogens is 1. The molecular formula is C13H15N5S. The van der Waals surface area contributed by atoms with Gasteiger partial charge < -0.3 is 14.1 Å². The summed E-state index contributed by atoms with van der Waals surface area (Å²) in [5.74, 6) is 0. The van der Waals surface area contributed by atoms with Crippen LogP contribution in [0.1, 0.15) is 12.8 Å². The smallest absolute Gasteiger partial charge is 0.179 e. The van der Waals surface area contributed by atoms with Gasteiger partial charge in [0.05, 0.1) is 11.8 Å². The predicted octanol–water partition coefficient (Wildman–Crippen LogP) is 2.77. The SMILES string of the molecule is S=c1[nH]c2cccnc2n1CCCCn1ccnc1. The van der Waals surface area contributed by atoms with Gasteiger partial charge in [-0.25, -0.2) is 9.97 Å². The molecule has 0 unspecified atom stereocenters. The number of imidazole rings is 2. The maximum Gasteiger partial charge on any atom is 0.179 e. The van der Waals surface area contributed by atoms with Crippen LogP contribution >= 0.6 is 12.2 Å². The highest BCUT2D eigenvalue weighted by molar-refractivity contribution is 7.71. The van der Waals surface area contributed by atoms with Crippen LogP contribution in [0, 0.1) is 4.77 Å². The van der Waals surface area contributed by atoms with Gasteiger partial charge in [-0.15, -0.1) is 0 Å². The van der Waals surface area contributed by atoms with Crippen molar-refractivity contribution in [3.05, 3.63) is 41.8 Å². The van der Waals surface area contributed by atoms with Crippen molar-refractivity contribution in [3.63, 3.8) is 0 Å². The number of pyridine rings is 1. The van der Waals surface area contributed by atoms with Crippen LogP contribution in [0.25, 0.3) is 11.2 Å². The van der Waals surface area contributed by atoms with Crippen LogP contribution in [0.5, 0.6) is 0 Å². The van der Waals surface area contributed by atoms with Crippen molar-refractivity contribution in [1.82, 2.24) is 24.1 Å². The number of rotatable bonds is 5. The third-order valence-corrected chi connectivity index (χ3v) is 3.46.